The minimum Gasteiger partial charge on any atom is -0.374 e. The van der Waals surface area contributed by atoms with Crippen LogP contribution in [0.25, 0.3) is 0 Å². The Kier molecular flexibility index (Phi) is 3.78. The summed E-state index contributed by atoms with van der Waals surface area (Å²) in [6, 6.07) is 0. The maximum absolute atomic E-state index is 4.46. The van der Waals surface area contributed by atoms with E-state index >= 15 is 0 Å². The Balaban J connectivity index is 2.25. The van der Waals surface area contributed by atoms with Gasteiger partial charge in [0.15, 0.2) is 0 Å². The van der Waals surface area contributed by atoms with E-state index in [-0.39, 0.29) is 0 Å². The van der Waals surface area contributed by atoms with E-state index in [0.29, 0.717) is 6.54 Å². The van der Waals surface area contributed by atoms with Crippen LogP contribution in [0.5, 0.6) is 0 Å². The fourth-order valence-electron chi connectivity index (χ4n) is 1.58. The molecule has 2 rings (SSSR count). The maximum atomic E-state index is 4.46. The third-order valence-electron chi connectivity index (χ3n) is 2.49. The van der Waals surface area contributed by atoms with Crippen molar-refractivity contribution in [1.29, 1.82) is 0 Å². The molecular formula is C10H14BrN5S. The average Bonchev–Trinajstić information content (AvgIpc) is 2.82. The van der Waals surface area contributed by atoms with Gasteiger partial charge in [-0.3, -0.25) is 4.68 Å². The lowest BCUT2D eigenvalue weighted by atomic mass is 10.4. The van der Waals surface area contributed by atoms with Crippen molar-refractivity contribution in [3.8, 4) is 0 Å². The number of aryl methyl sites for hydroxylation is 1. The van der Waals surface area contributed by atoms with Crippen LogP contribution in [0.3, 0.4) is 0 Å². The number of anilines is 1. The van der Waals surface area contributed by atoms with E-state index in [0.717, 1.165) is 33.1 Å². The van der Waals surface area contributed by atoms with Crippen LogP contribution in [0.4, 0.5) is 5.00 Å². The van der Waals surface area contributed by atoms with Gasteiger partial charge < -0.3 is 5.32 Å². The van der Waals surface area contributed by atoms with Gasteiger partial charge in [-0.15, -0.1) is 5.10 Å². The Morgan fingerprint density at radius 1 is 1.41 bits per heavy atom. The molecule has 2 aromatic heterocycles. The molecular weight excluding hydrogens is 302 g/mol. The van der Waals surface area contributed by atoms with E-state index in [4.69, 9.17) is 0 Å². The summed E-state index contributed by atoms with van der Waals surface area (Å²) in [6.45, 7) is 7.60. The topological polar surface area (TPSA) is 55.6 Å². The van der Waals surface area contributed by atoms with E-state index in [1.54, 1.807) is 0 Å². The van der Waals surface area contributed by atoms with Crippen molar-refractivity contribution in [3.05, 3.63) is 21.6 Å². The summed E-state index contributed by atoms with van der Waals surface area (Å²) < 4.78 is 6.97. The second-order valence-electron chi connectivity index (χ2n) is 3.72. The van der Waals surface area contributed by atoms with Gasteiger partial charge in [-0.2, -0.15) is 5.10 Å². The number of halogens is 1. The molecule has 5 nitrogen and oxygen atoms in total. The zero-order chi connectivity index (χ0) is 12.4. The largest absolute Gasteiger partial charge is 0.374 e. The van der Waals surface area contributed by atoms with Crippen LogP contribution in [0.2, 0.25) is 0 Å². The highest BCUT2D eigenvalue weighted by Gasteiger charge is 2.13. The first kappa shape index (κ1) is 12.5. The van der Waals surface area contributed by atoms with Crippen LogP contribution < -0.4 is 5.32 Å². The molecule has 0 bridgehead atoms. The van der Waals surface area contributed by atoms with Gasteiger partial charge in [0, 0.05) is 18.1 Å². The molecule has 0 spiro atoms. The Hall–Kier alpha value is -0.950. The molecule has 7 heteroatoms. The maximum Gasteiger partial charge on any atom is 0.135 e. The summed E-state index contributed by atoms with van der Waals surface area (Å²) >= 11 is 4.91. The molecule has 0 aliphatic carbocycles. The molecule has 0 saturated heterocycles. The van der Waals surface area contributed by atoms with Crippen molar-refractivity contribution in [2.75, 3.05) is 11.9 Å². The summed E-state index contributed by atoms with van der Waals surface area (Å²) in [5.41, 5.74) is 3.04. The highest BCUT2D eigenvalue weighted by molar-refractivity contribution is 9.10. The number of hydrogen-bond acceptors (Lipinski definition) is 5. The molecule has 0 amide bonds. The van der Waals surface area contributed by atoms with E-state index < -0.39 is 0 Å². The first-order chi connectivity index (χ1) is 8.13. The molecule has 0 fully saturated rings. The minimum atomic E-state index is 0.650. The van der Waals surface area contributed by atoms with E-state index in [2.05, 4.69) is 42.9 Å². The van der Waals surface area contributed by atoms with Gasteiger partial charge in [0.1, 0.15) is 10.7 Å². The normalized spacial score (nSPS) is 10.8. The first-order valence-corrected chi connectivity index (χ1v) is 6.94. The number of nitrogens with one attached hydrogen (secondary N) is 1. The van der Waals surface area contributed by atoms with Crippen molar-refractivity contribution < 1.29 is 0 Å². The summed E-state index contributed by atoms with van der Waals surface area (Å²) in [5.74, 6) is 0. The van der Waals surface area contributed by atoms with E-state index in [1.165, 1.54) is 11.5 Å². The summed E-state index contributed by atoms with van der Waals surface area (Å²) in [7, 11) is 0. The fraction of sp³-hybridized carbons (Fsp3) is 0.500. The fourth-order valence-corrected chi connectivity index (χ4v) is 2.50. The van der Waals surface area contributed by atoms with Gasteiger partial charge in [0.05, 0.1) is 22.4 Å². The number of nitrogens with zero attached hydrogens (tertiary/aromatic N) is 4. The lowest BCUT2D eigenvalue weighted by molar-refractivity contribution is 0.645. The van der Waals surface area contributed by atoms with Crippen molar-refractivity contribution in [2.24, 2.45) is 0 Å². The van der Waals surface area contributed by atoms with Gasteiger partial charge in [0.25, 0.3) is 0 Å². The zero-order valence-electron chi connectivity index (χ0n) is 9.99. The molecule has 0 aliphatic heterocycles. The smallest absolute Gasteiger partial charge is 0.135 e. The van der Waals surface area contributed by atoms with Crippen molar-refractivity contribution >= 4 is 32.5 Å². The Bertz CT molecular complexity index is 519. The van der Waals surface area contributed by atoms with Gasteiger partial charge in [-0.1, -0.05) is 4.49 Å². The van der Waals surface area contributed by atoms with E-state index in [9.17, 15) is 0 Å². The number of aromatic nitrogens is 4. The Morgan fingerprint density at radius 3 is 2.76 bits per heavy atom. The summed E-state index contributed by atoms with van der Waals surface area (Å²) in [6.07, 6.45) is 0. The van der Waals surface area contributed by atoms with Crippen molar-refractivity contribution in [2.45, 2.75) is 27.3 Å². The Morgan fingerprint density at radius 2 is 2.18 bits per heavy atom. The minimum absolute atomic E-state index is 0.650. The SMILES string of the molecule is CCNc1snnc1Cn1nc(C)c(Br)c1C. The molecule has 0 radical (unpaired) electrons. The van der Waals surface area contributed by atoms with Crippen LogP contribution in [0.15, 0.2) is 4.47 Å². The lowest BCUT2D eigenvalue weighted by Gasteiger charge is -2.04. The van der Waals surface area contributed by atoms with Gasteiger partial charge >= 0.3 is 0 Å². The number of hydrogen-bond donors (Lipinski definition) is 1. The van der Waals surface area contributed by atoms with Crippen LogP contribution >= 0.6 is 27.5 Å². The zero-order valence-corrected chi connectivity index (χ0v) is 12.4. The average molecular weight is 316 g/mol. The van der Waals surface area contributed by atoms with Crippen molar-refractivity contribution in [1.82, 2.24) is 19.4 Å². The van der Waals surface area contributed by atoms with Crippen LogP contribution in [-0.2, 0) is 6.54 Å². The second kappa shape index (κ2) is 5.14. The highest BCUT2D eigenvalue weighted by Crippen LogP contribution is 2.23. The quantitative estimate of drug-likeness (QED) is 0.942. The third kappa shape index (κ3) is 2.50. The van der Waals surface area contributed by atoms with Crippen LogP contribution in [0.1, 0.15) is 24.0 Å². The summed E-state index contributed by atoms with van der Waals surface area (Å²) in [4.78, 5) is 0. The van der Waals surface area contributed by atoms with Gasteiger partial charge in [-0.05, 0) is 36.7 Å². The molecule has 0 unspecified atom stereocenters. The molecule has 17 heavy (non-hydrogen) atoms. The monoisotopic (exact) mass is 315 g/mol. The highest BCUT2D eigenvalue weighted by atomic mass is 79.9. The molecule has 0 atom stereocenters. The molecule has 1 N–H and O–H groups in total. The van der Waals surface area contributed by atoms with Crippen LogP contribution in [0, 0.1) is 13.8 Å². The van der Waals surface area contributed by atoms with E-state index in [1.807, 2.05) is 18.5 Å². The molecule has 2 heterocycles. The first-order valence-electron chi connectivity index (χ1n) is 5.38. The standard InChI is InChI=1S/C10H14BrN5S/c1-4-12-10-8(13-15-17-10)5-16-7(3)9(11)6(2)14-16/h12H,4-5H2,1-3H3. The molecule has 0 aromatic carbocycles. The van der Waals surface area contributed by atoms with Crippen LogP contribution in [-0.4, -0.2) is 25.9 Å². The predicted octanol–water partition coefficient (Wildman–Crippen LogP) is 2.59. The lowest BCUT2D eigenvalue weighted by Crippen LogP contribution is -2.07. The number of rotatable bonds is 4. The molecule has 0 saturated carbocycles. The van der Waals surface area contributed by atoms with Gasteiger partial charge in [-0.25, -0.2) is 0 Å². The molecule has 2 aromatic rings. The predicted molar refractivity (Wildman–Crippen MR) is 72.6 cm³/mol. The van der Waals surface area contributed by atoms with Gasteiger partial charge in [0.2, 0.25) is 0 Å². The molecule has 0 aliphatic rings. The third-order valence-corrected chi connectivity index (χ3v) is 4.36. The second-order valence-corrected chi connectivity index (χ2v) is 5.27. The Labute approximate surface area is 113 Å². The van der Waals surface area contributed by atoms with Crippen molar-refractivity contribution in [3.63, 3.8) is 0 Å². The summed E-state index contributed by atoms with van der Waals surface area (Å²) in [5, 5.41) is 12.9. The molecule has 92 valence electrons.